The molecule has 0 bridgehead atoms. The van der Waals surface area contributed by atoms with Crippen molar-refractivity contribution in [1.29, 1.82) is 0 Å². The van der Waals surface area contributed by atoms with Crippen molar-refractivity contribution >= 4 is 17.8 Å². The van der Waals surface area contributed by atoms with Gasteiger partial charge in [0.05, 0.1) is 19.1 Å². The summed E-state index contributed by atoms with van der Waals surface area (Å²) in [6.07, 6.45) is 0.179. The molecular weight excluding hydrogens is 358 g/mol. The first-order valence-corrected chi connectivity index (χ1v) is 9.54. The number of benzene rings is 1. The van der Waals surface area contributed by atoms with Crippen LogP contribution in [-0.4, -0.2) is 40.5 Å². The Balaban J connectivity index is 2.72. The summed E-state index contributed by atoms with van der Waals surface area (Å²) in [6, 6.07) is 6.82. The number of hydrogen-bond donors (Lipinski definition) is 1. The van der Waals surface area contributed by atoms with E-state index < -0.39 is 35.4 Å². The Labute approximate surface area is 166 Å². The van der Waals surface area contributed by atoms with E-state index in [0.29, 0.717) is 0 Å². The highest BCUT2D eigenvalue weighted by Gasteiger charge is 2.63. The number of rotatable bonds is 4. The summed E-state index contributed by atoms with van der Waals surface area (Å²) in [4.78, 5) is 39.9. The van der Waals surface area contributed by atoms with Crippen molar-refractivity contribution in [2.75, 3.05) is 7.11 Å². The molecule has 4 unspecified atom stereocenters. The second-order valence-corrected chi connectivity index (χ2v) is 9.15. The summed E-state index contributed by atoms with van der Waals surface area (Å²) in [6.45, 7) is 11.0. The molecule has 0 saturated carbocycles. The molecule has 0 spiro atoms. The van der Waals surface area contributed by atoms with E-state index >= 15 is 0 Å². The third kappa shape index (κ3) is 3.77. The average Bonchev–Trinajstić information content (AvgIpc) is 2.82. The lowest BCUT2D eigenvalue weighted by atomic mass is 9.80. The molecule has 2 rings (SSSR count). The largest absolute Gasteiger partial charge is 0.479 e. The Morgan fingerprint density at radius 2 is 1.86 bits per heavy atom. The third-order valence-corrected chi connectivity index (χ3v) is 5.78. The van der Waals surface area contributed by atoms with Crippen molar-refractivity contribution < 1.29 is 24.2 Å². The van der Waals surface area contributed by atoms with Gasteiger partial charge in [-0.15, -0.1) is 0 Å². The summed E-state index contributed by atoms with van der Waals surface area (Å²) in [7, 11) is 1.29. The number of ether oxygens (including phenoxy) is 1. The second kappa shape index (κ2) is 7.57. The number of carboxylic acid groups (broad SMARTS) is 1. The van der Waals surface area contributed by atoms with E-state index in [2.05, 4.69) is 0 Å². The molecule has 6 heteroatoms. The van der Waals surface area contributed by atoms with Crippen LogP contribution in [0.2, 0.25) is 0 Å². The van der Waals surface area contributed by atoms with E-state index in [9.17, 15) is 19.5 Å². The number of carbonyl (C=O) groups is 3. The standard InChI is InChI=1S/C22H31NO5/c1-13-9-8-10-15(11-13)18-17(19(25)28-7)14(2)22(6,20(26)27)23(18)16(24)12-21(3,4)5/h8-11,14,17-18H,12H2,1-7H3,(H,26,27). The second-order valence-electron chi connectivity index (χ2n) is 9.15. The number of likely N-dealkylation sites (tertiary alicyclic amines) is 1. The number of carboxylic acids is 1. The van der Waals surface area contributed by atoms with Crippen molar-refractivity contribution in [3.05, 3.63) is 35.4 Å². The quantitative estimate of drug-likeness (QED) is 0.796. The van der Waals surface area contributed by atoms with Crippen LogP contribution in [0.4, 0.5) is 0 Å². The van der Waals surface area contributed by atoms with E-state index in [1.54, 1.807) is 6.92 Å². The van der Waals surface area contributed by atoms with Crippen LogP contribution in [0.1, 0.15) is 58.2 Å². The maximum Gasteiger partial charge on any atom is 0.329 e. The topological polar surface area (TPSA) is 83.9 Å². The van der Waals surface area contributed by atoms with Gasteiger partial charge in [0.1, 0.15) is 5.54 Å². The van der Waals surface area contributed by atoms with Crippen LogP contribution < -0.4 is 0 Å². The first-order valence-electron chi connectivity index (χ1n) is 9.54. The predicted molar refractivity (Wildman–Crippen MR) is 106 cm³/mol. The molecule has 4 atom stereocenters. The van der Waals surface area contributed by atoms with Gasteiger partial charge in [0.25, 0.3) is 0 Å². The van der Waals surface area contributed by atoms with Crippen molar-refractivity contribution in [2.24, 2.45) is 17.3 Å². The molecule has 1 aromatic carbocycles. The summed E-state index contributed by atoms with van der Waals surface area (Å²) < 4.78 is 5.02. The molecule has 6 nitrogen and oxygen atoms in total. The highest BCUT2D eigenvalue weighted by atomic mass is 16.5. The van der Waals surface area contributed by atoms with E-state index in [4.69, 9.17) is 4.74 Å². The van der Waals surface area contributed by atoms with Gasteiger partial charge in [-0.05, 0) is 24.8 Å². The molecule has 1 amide bonds. The van der Waals surface area contributed by atoms with Crippen molar-refractivity contribution in [3.8, 4) is 0 Å². The zero-order valence-electron chi connectivity index (χ0n) is 17.8. The molecule has 1 heterocycles. The minimum absolute atomic E-state index is 0.179. The van der Waals surface area contributed by atoms with Gasteiger partial charge in [0, 0.05) is 12.3 Å². The molecule has 0 aliphatic carbocycles. The number of aliphatic carboxylic acids is 1. The molecule has 1 aromatic rings. The lowest BCUT2D eigenvalue weighted by Crippen LogP contribution is -2.54. The average molecular weight is 389 g/mol. The number of carbonyl (C=O) groups excluding carboxylic acids is 2. The maximum atomic E-state index is 13.4. The van der Waals surface area contributed by atoms with Crippen molar-refractivity contribution in [1.82, 2.24) is 4.90 Å². The summed E-state index contributed by atoms with van der Waals surface area (Å²) in [5, 5.41) is 10.1. The zero-order chi connectivity index (χ0) is 21.4. The first kappa shape index (κ1) is 21.9. The molecule has 1 aliphatic heterocycles. The molecule has 0 aromatic heterocycles. The lowest BCUT2D eigenvalue weighted by Gasteiger charge is -2.38. The van der Waals surface area contributed by atoms with Crippen molar-refractivity contribution in [2.45, 2.75) is 59.5 Å². The van der Waals surface area contributed by atoms with Crippen LogP contribution in [0, 0.1) is 24.2 Å². The molecular formula is C22H31NO5. The molecule has 154 valence electrons. The molecule has 0 radical (unpaired) electrons. The zero-order valence-corrected chi connectivity index (χ0v) is 17.8. The number of amides is 1. The Kier molecular flexibility index (Phi) is 5.93. The lowest BCUT2D eigenvalue weighted by molar-refractivity contribution is -0.160. The molecule has 1 N–H and O–H groups in total. The molecule has 1 fully saturated rings. The van der Waals surface area contributed by atoms with E-state index in [0.717, 1.165) is 11.1 Å². The van der Waals surface area contributed by atoms with Crippen LogP contribution in [0.5, 0.6) is 0 Å². The highest BCUT2D eigenvalue weighted by molar-refractivity contribution is 5.91. The Bertz CT molecular complexity index is 781. The van der Waals surface area contributed by atoms with E-state index in [1.807, 2.05) is 52.0 Å². The fourth-order valence-corrected chi connectivity index (χ4v) is 4.22. The minimum Gasteiger partial charge on any atom is -0.479 e. The number of aryl methyl sites for hydroxylation is 1. The predicted octanol–water partition coefficient (Wildman–Crippen LogP) is 3.58. The highest BCUT2D eigenvalue weighted by Crippen LogP contribution is 2.52. The van der Waals surface area contributed by atoms with Crippen LogP contribution in [0.25, 0.3) is 0 Å². The number of nitrogens with zero attached hydrogens (tertiary/aromatic N) is 1. The van der Waals surface area contributed by atoms with Crippen molar-refractivity contribution in [3.63, 3.8) is 0 Å². The summed E-state index contributed by atoms with van der Waals surface area (Å²) in [5.74, 6) is -3.28. The SMILES string of the molecule is COC(=O)C1C(c2cccc(C)c2)N(C(=O)CC(C)(C)C)C(C)(C(=O)O)C1C. The van der Waals surface area contributed by atoms with Gasteiger partial charge in [-0.3, -0.25) is 9.59 Å². The van der Waals surface area contributed by atoms with Gasteiger partial charge < -0.3 is 14.7 Å². The van der Waals surface area contributed by atoms with Crippen LogP contribution in [-0.2, 0) is 19.1 Å². The van der Waals surface area contributed by atoms with Gasteiger partial charge >= 0.3 is 11.9 Å². The van der Waals surface area contributed by atoms with Gasteiger partial charge in [0.2, 0.25) is 5.91 Å². The van der Waals surface area contributed by atoms with E-state index in [1.165, 1.54) is 18.9 Å². The molecule has 28 heavy (non-hydrogen) atoms. The van der Waals surface area contributed by atoms with Crippen LogP contribution >= 0.6 is 0 Å². The van der Waals surface area contributed by atoms with Crippen LogP contribution in [0.3, 0.4) is 0 Å². The van der Waals surface area contributed by atoms with Gasteiger partial charge in [-0.1, -0.05) is 57.5 Å². The van der Waals surface area contributed by atoms with Gasteiger partial charge in [0.15, 0.2) is 0 Å². The summed E-state index contributed by atoms with van der Waals surface area (Å²) >= 11 is 0. The smallest absolute Gasteiger partial charge is 0.329 e. The van der Waals surface area contributed by atoms with Gasteiger partial charge in [-0.2, -0.15) is 0 Å². The normalized spacial score (nSPS) is 27.5. The number of esters is 1. The van der Waals surface area contributed by atoms with Gasteiger partial charge in [-0.25, -0.2) is 4.79 Å². The number of hydrogen-bond acceptors (Lipinski definition) is 4. The first-order chi connectivity index (χ1) is 12.8. The third-order valence-electron chi connectivity index (χ3n) is 5.78. The minimum atomic E-state index is -1.52. The Hall–Kier alpha value is -2.37. The number of methoxy groups -OCH3 is 1. The monoisotopic (exact) mass is 389 g/mol. The molecule has 1 aliphatic rings. The summed E-state index contributed by atoms with van der Waals surface area (Å²) in [5.41, 5.74) is -0.119. The van der Waals surface area contributed by atoms with Crippen LogP contribution in [0.15, 0.2) is 24.3 Å². The Morgan fingerprint density at radius 3 is 2.32 bits per heavy atom. The fourth-order valence-electron chi connectivity index (χ4n) is 4.22. The maximum absolute atomic E-state index is 13.4. The fraction of sp³-hybridized carbons (Fsp3) is 0.591. The van der Waals surface area contributed by atoms with E-state index in [-0.39, 0.29) is 17.7 Å². The Morgan fingerprint density at radius 1 is 1.25 bits per heavy atom. The molecule has 1 saturated heterocycles.